The van der Waals surface area contributed by atoms with Crippen LogP contribution in [0.2, 0.25) is 0 Å². The van der Waals surface area contributed by atoms with Crippen LogP contribution < -0.4 is 0 Å². The lowest BCUT2D eigenvalue weighted by molar-refractivity contribution is 0.308. The van der Waals surface area contributed by atoms with Gasteiger partial charge in [0.1, 0.15) is 0 Å². The Hall–Kier alpha value is -8.84. The molecular weight excluding hydrogens is 1150 g/mol. The smallest absolute Gasteiger partial charge is 0.0281 e. The first-order chi connectivity index (χ1) is 47.4. The monoisotopic (exact) mass is 1250 g/mol. The molecule has 6 aromatic rings. The maximum Gasteiger partial charge on any atom is 0.0281 e. The normalized spacial score (nSPS) is 21.3. The van der Waals surface area contributed by atoms with Gasteiger partial charge >= 0.3 is 0 Å². The van der Waals surface area contributed by atoms with Gasteiger partial charge in [-0.3, -0.25) is 0 Å². The van der Waals surface area contributed by atoms with Crippen molar-refractivity contribution in [1.29, 1.82) is 0 Å². The second kappa shape index (κ2) is 32.7. The van der Waals surface area contributed by atoms with E-state index in [1.54, 1.807) is 5.56 Å². The van der Waals surface area contributed by atoms with Crippen molar-refractivity contribution < 1.29 is 0 Å². The number of allylic oxidation sites excluding steroid dienone is 32. The van der Waals surface area contributed by atoms with Gasteiger partial charge < -0.3 is 0 Å². The summed E-state index contributed by atoms with van der Waals surface area (Å²) in [6.07, 6.45) is 71.8. The van der Waals surface area contributed by atoms with E-state index in [9.17, 15) is 0 Å². The molecule has 484 valence electrons. The molecule has 9 aliphatic rings. The molecule has 9 aliphatic carbocycles. The lowest BCUT2D eigenvalue weighted by Crippen LogP contribution is -2.13. The van der Waals surface area contributed by atoms with Gasteiger partial charge in [-0.05, 0) is 244 Å². The highest BCUT2D eigenvalue weighted by atomic mass is 14.3. The average molecular weight is 1250 g/mol. The largest absolute Gasteiger partial charge is 0.0836 e. The first-order valence-electron chi connectivity index (χ1n) is 36.9. The number of benzene rings is 6. The molecule has 0 heterocycles. The van der Waals surface area contributed by atoms with Crippen LogP contribution in [0.3, 0.4) is 0 Å². The molecule has 4 unspecified atom stereocenters. The minimum absolute atomic E-state index is 0.398. The summed E-state index contributed by atoms with van der Waals surface area (Å²) in [5.74, 6) is 3.64. The van der Waals surface area contributed by atoms with Gasteiger partial charge in [0.25, 0.3) is 0 Å². The van der Waals surface area contributed by atoms with E-state index >= 15 is 0 Å². The summed E-state index contributed by atoms with van der Waals surface area (Å²) in [6.45, 7) is 6.90. The summed E-state index contributed by atoms with van der Waals surface area (Å²) in [5, 5.41) is 0. The minimum atomic E-state index is 0.398. The molecule has 0 aromatic heterocycles. The Morgan fingerprint density at radius 3 is 1.26 bits per heavy atom. The van der Waals surface area contributed by atoms with E-state index in [2.05, 4.69) is 306 Å². The van der Waals surface area contributed by atoms with Gasteiger partial charge in [-0.1, -0.05) is 319 Å². The molecule has 0 radical (unpaired) electrons. The standard InChI is InChI=1S/C33H38.C32H32.C31H30/c1-3-6-25-11-15-27(16-12-25)28-17-13-26(14-18-28)23-30-21-22-32(33-8-5-7-31(30)33)29-19-9-24(4-2)10-20-29;1-24(21-25-9-4-2-5-10-25)22-26-15-17-27(18-16-26)23-29-19-20-31(28-11-6-3-7-12-28)32-14-8-13-30(29)32;1-3-9-24(10-4-1)11-7-12-25-17-19-26(20-18-25)23-28-21-22-30(27-13-5-2-6-14-27)31-16-8-15-29(28)31/h5,7-10,13-14,17-22,25,27,33H,3-4,6,11-12,15-16,23H2,1-2H3;2,4-6,8-20,24,32H,3,7,21-23H2,1H3;1,3-5,8-10,13-22,31H,2,6-7,11-12,23H2. The van der Waals surface area contributed by atoms with E-state index in [0.717, 1.165) is 76.0 Å². The molecule has 96 heavy (non-hydrogen) atoms. The summed E-state index contributed by atoms with van der Waals surface area (Å²) in [7, 11) is 0. The van der Waals surface area contributed by atoms with E-state index in [-0.39, 0.29) is 0 Å². The Kier molecular flexibility index (Phi) is 22.4. The Morgan fingerprint density at radius 1 is 0.375 bits per heavy atom. The average Bonchev–Trinajstić information content (AvgIpc) is 1.57. The molecule has 0 nitrogen and oxygen atoms in total. The fourth-order valence-electron chi connectivity index (χ4n) is 16.2. The number of fused-ring (bicyclic) bond motifs is 3. The fourth-order valence-corrected chi connectivity index (χ4v) is 16.2. The van der Waals surface area contributed by atoms with Crippen LogP contribution >= 0.6 is 0 Å². The Morgan fingerprint density at radius 2 is 0.792 bits per heavy atom. The van der Waals surface area contributed by atoms with E-state index in [0.29, 0.717) is 23.7 Å². The quantitative estimate of drug-likeness (QED) is 0.0674. The maximum absolute atomic E-state index is 2.42. The Balaban J connectivity index is 0.000000130. The molecule has 0 aliphatic heterocycles. The number of aryl methyl sites for hydroxylation is 3. The summed E-state index contributed by atoms with van der Waals surface area (Å²) in [4.78, 5) is 0. The highest BCUT2D eigenvalue weighted by molar-refractivity contribution is 5.79. The van der Waals surface area contributed by atoms with Crippen LogP contribution in [0.25, 0.3) is 5.57 Å². The highest BCUT2D eigenvalue weighted by Crippen LogP contribution is 2.45. The molecule has 0 N–H and O–H groups in total. The van der Waals surface area contributed by atoms with Crippen molar-refractivity contribution in [3.05, 3.63) is 397 Å². The molecule has 0 heteroatoms. The highest BCUT2D eigenvalue weighted by Gasteiger charge is 2.30. The van der Waals surface area contributed by atoms with Crippen molar-refractivity contribution in [2.24, 2.45) is 29.6 Å². The van der Waals surface area contributed by atoms with Gasteiger partial charge in [0.05, 0.1) is 0 Å². The van der Waals surface area contributed by atoms with Crippen LogP contribution in [0, 0.1) is 29.6 Å². The van der Waals surface area contributed by atoms with Crippen LogP contribution in [-0.2, 0) is 51.4 Å². The molecule has 4 atom stereocenters. The second-order valence-corrected chi connectivity index (χ2v) is 28.5. The first-order valence-corrected chi connectivity index (χ1v) is 36.9. The van der Waals surface area contributed by atoms with Gasteiger partial charge in [-0.2, -0.15) is 0 Å². The van der Waals surface area contributed by atoms with Crippen LogP contribution in [0.4, 0.5) is 0 Å². The van der Waals surface area contributed by atoms with Crippen molar-refractivity contribution in [3.63, 3.8) is 0 Å². The molecule has 0 saturated heterocycles. The maximum atomic E-state index is 2.42. The third-order valence-corrected chi connectivity index (χ3v) is 21.6. The summed E-state index contributed by atoms with van der Waals surface area (Å²) < 4.78 is 0. The number of rotatable bonds is 21. The van der Waals surface area contributed by atoms with Gasteiger partial charge in [-0.25, -0.2) is 0 Å². The van der Waals surface area contributed by atoms with E-state index in [1.807, 2.05) is 0 Å². The summed E-state index contributed by atoms with van der Waals surface area (Å²) >= 11 is 0. The van der Waals surface area contributed by atoms with Gasteiger partial charge in [0.2, 0.25) is 0 Å². The molecule has 1 fully saturated rings. The van der Waals surface area contributed by atoms with Crippen LogP contribution in [-0.4, -0.2) is 0 Å². The molecular formula is C96H100. The van der Waals surface area contributed by atoms with E-state index in [4.69, 9.17) is 0 Å². The molecule has 0 bridgehead atoms. The Labute approximate surface area is 577 Å². The summed E-state index contributed by atoms with van der Waals surface area (Å²) in [5.41, 5.74) is 30.2. The van der Waals surface area contributed by atoms with Gasteiger partial charge in [0.15, 0.2) is 0 Å². The molecule has 15 rings (SSSR count). The first kappa shape index (κ1) is 65.8. The summed E-state index contributed by atoms with van der Waals surface area (Å²) in [6, 6.07) is 59.0. The van der Waals surface area contributed by atoms with Crippen molar-refractivity contribution in [3.8, 4) is 0 Å². The van der Waals surface area contributed by atoms with Crippen molar-refractivity contribution in [2.45, 2.75) is 149 Å². The SMILES string of the molecule is C1=CC2C(C3=CCCC=C3)=CC=C(Cc3ccc(CCCc4ccccc4)cc3)C2=C1.CC(Cc1ccccc1)Cc1ccc(CC2=CC=C(C3=CCCC=C3)C3C=CC=C23)cc1.CCCC1CCC(c2ccc(CC3=CC=C(c4ccc(CC)cc4)C4C=CC=C34)cc2)CC1. The topological polar surface area (TPSA) is 0 Å². The Bertz CT molecular complexity index is 4160. The zero-order chi connectivity index (χ0) is 65.3. The van der Waals surface area contributed by atoms with Crippen molar-refractivity contribution in [1.82, 2.24) is 0 Å². The second-order valence-electron chi connectivity index (χ2n) is 28.5. The molecule has 1 saturated carbocycles. The van der Waals surface area contributed by atoms with Gasteiger partial charge in [0, 0.05) is 17.8 Å². The number of hydrogen-bond acceptors (Lipinski definition) is 0. The molecule has 0 spiro atoms. The number of hydrogen-bond donors (Lipinski definition) is 0. The predicted octanol–water partition coefficient (Wildman–Crippen LogP) is 24.6. The fraction of sp³-hybridized carbons (Fsp3) is 0.292. The van der Waals surface area contributed by atoms with E-state index < -0.39 is 0 Å². The molecule has 6 aromatic carbocycles. The van der Waals surface area contributed by atoms with Crippen LogP contribution in [0.15, 0.2) is 341 Å². The van der Waals surface area contributed by atoms with Crippen LogP contribution in [0.1, 0.15) is 153 Å². The lowest BCUT2D eigenvalue weighted by Gasteiger charge is -2.29. The van der Waals surface area contributed by atoms with Crippen LogP contribution in [0.5, 0.6) is 0 Å². The lowest BCUT2D eigenvalue weighted by atomic mass is 9.77. The third kappa shape index (κ3) is 16.9. The predicted molar refractivity (Wildman–Crippen MR) is 411 cm³/mol. The van der Waals surface area contributed by atoms with Crippen molar-refractivity contribution >= 4 is 5.57 Å². The molecule has 0 amide bonds. The van der Waals surface area contributed by atoms with E-state index in [1.165, 1.54) is 169 Å². The van der Waals surface area contributed by atoms with Gasteiger partial charge in [-0.15, -0.1) is 0 Å². The minimum Gasteiger partial charge on any atom is -0.0836 e. The zero-order valence-electron chi connectivity index (χ0n) is 57.5. The van der Waals surface area contributed by atoms with Crippen molar-refractivity contribution in [2.75, 3.05) is 0 Å². The third-order valence-electron chi connectivity index (χ3n) is 21.6. The zero-order valence-corrected chi connectivity index (χ0v) is 57.5.